The number of nitrogens with zero attached hydrogens (tertiary/aromatic N) is 2. The number of carbonyl (C=O) groups excluding carboxylic acids is 1. The SMILES string of the molecule is N#Cc1ccccc1NCCC(=O)N1CCC(Cc2ccccc2)CC1. The zero-order valence-electron chi connectivity index (χ0n) is 15.0. The number of carbonyl (C=O) groups is 1. The number of anilines is 1. The molecule has 26 heavy (non-hydrogen) atoms. The standard InChI is InChI=1S/C22H25N3O/c23-17-20-8-4-5-9-21(20)24-13-10-22(26)25-14-11-19(12-15-25)16-18-6-2-1-3-7-18/h1-9,19,24H,10-16H2. The van der Waals surface area contributed by atoms with E-state index < -0.39 is 0 Å². The van der Waals surface area contributed by atoms with Gasteiger partial charge in [0.2, 0.25) is 5.91 Å². The molecule has 1 aliphatic heterocycles. The predicted octanol–water partition coefficient (Wildman–Crippen LogP) is 3.84. The molecule has 0 spiro atoms. The van der Waals surface area contributed by atoms with Crippen molar-refractivity contribution < 1.29 is 4.79 Å². The topological polar surface area (TPSA) is 56.1 Å². The first-order valence-corrected chi connectivity index (χ1v) is 9.31. The predicted molar refractivity (Wildman–Crippen MR) is 104 cm³/mol. The van der Waals surface area contributed by atoms with Crippen molar-refractivity contribution in [3.63, 3.8) is 0 Å². The van der Waals surface area contributed by atoms with Crippen LogP contribution in [-0.2, 0) is 11.2 Å². The molecule has 1 aliphatic rings. The second kappa shape index (κ2) is 9.05. The van der Waals surface area contributed by atoms with Crippen molar-refractivity contribution in [2.24, 2.45) is 5.92 Å². The van der Waals surface area contributed by atoms with Crippen LogP contribution in [0, 0.1) is 17.2 Å². The van der Waals surface area contributed by atoms with Crippen molar-refractivity contribution in [2.75, 3.05) is 25.0 Å². The van der Waals surface area contributed by atoms with Crippen LogP contribution in [0.2, 0.25) is 0 Å². The number of nitrogens with one attached hydrogen (secondary N) is 1. The molecular formula is C22H25N3O. The summed E-state index contributed by atoms with van der Waals surface area (Å²) < 4.78 is 0. The van der Waals surface area contributed by atoms with Gasteiger partial charge < -0.3 is 10.2 Å². The van der Waals surface area contributed by atoms with Gasteiger partial charge >= 0.3 is 0 Å². The first-order chi connectivity index (χ1) is 12.8. The molecule has 4 nitrogen and oxygen atoms in total. The van der Waals surface area contributed by atoms with Crippen LogP contribution in [0.15, 0.2) is 54.6 Å². The third kappa shape index (κ3) is 4.86. The van der Waals surface area contributed by atoms with Crippen LogP contribution in [0.5, 0.6) is 0 Å². The Bertz CT molecular complexity index is 758. The molecule has 3 rings (SSSR count). The second-order valence-corrected chi connectivity index (χ2v) is 6.85. The molecule has 4 heteroatoms. The number of amides is 1. The van der Waals surface area contributed by atoms with Gasteiger partial charge in [-0.05, 0) is 42.9 Å². The number of piperidine rings is 1. The highest BCUT2D eigenvalue weighted by Crippen LogP contribution is 2.22. The molecule has 2 aromatic carbocycles. The molecule has 0 aromatic heterocycles. The van der Waals surface area contributed by atoms with E-state index >= 15 is 0 Å². The molecule has 2 aromatic rings. The van der Waals surface area contributed by atoms with Crippen molar-refractivity contribution in [3.8, 4) is 6.07 Å². The number of likely N-dealkylation sites (tertiary alicyclic amines) is 1. The van der Waals surface area contributed by atoms with Crippen molar-refractivity contribution in [1.29, 1.82) is 5.26 Å². The molecule has 1 N–H and O–H groups in total. The van der Waals surface area contributed by atoms with E-state index in [0.29, 0.717) is 24.4 Å². The third-order valence-electron chi connectivity index (χ3n) is 5.04. The van der Waals surface area contributed by atoms with E-state index in [1.54, 1.807) is 6.07 Å². The molecule has 0 aliphatic carbocycles. The summed E-state index contributed by atoms with van der Waals surface area (Å²) in [4.78, 5) is 14.4. The lowest BCUT2D eigenvalue weighted by atomic mass is 9.90. The smallest absolute Gasteiger partial charge is 0.224 e. The van der Waals surface area contributed by atoms with E-state index in [-0.39, 0.29) is 5.91 Å². The maximum absolute atomic E-state index is 12.4. The Labute approximate surface area is 155 Å². The van der Waals surface area contributed by atoms with Crippen LogP contribution in [-0.4, -0.2) is 30.4 Å². The summed E-state index contributed by atoms with van der Waals surface area (Å²) in [6.45, 7) is 2.26. The van der Waals surface area contributed by atoms with Crippen molar-refractivity contribution in [2.45, 2.75) is 25.7 Å². The number of hydrogen-bond acceptors (Lipinski definition) is 3. The fourth-order valence-corrected chi connectivity index (χ4v) is 3.53. The second-order valence-electron chi connectivity index (χ2n) is 6.85. The summed E-state index contributed by atoms with van der Waals surface area (Å²) in [5.74, 6) is 0.868. The van der Waals surface area contributed by atoms with Gasteiger partial charge in [-0.1, -0.05) is 42.5 Å². The largest absolute Gasteiger partial charge is 0.383 e. The Morgan fingerprint density at radius 2 is 1.77 bits per heavy atom. The quantitative estimate of drug-likeness (QED) is 0.864. The Balaban J connectivity index is 1.40. The summed E-state index contributed by atoms with van der Waals surface area (Å²) in [5, 5.41) is 12.3. The Hall–Kier alpha value is -2.80. The van der Waals surface area contributed by atoms with Crippen molar-refractivity contribution in [3.05, 3.63) is 65.7 Å². The number of nitriles is 1. The molecule has 1 amide bonds. The van der Waals surface area contributed by atoms with Gasteiger partial charge in [-0.25, -0.2) is 0 Å². The van der Waals surface area contributed by atoms with Crippen LogP contribution in [0.4, 0.5) is 5.69 Å². The van der Waals surface area contributed by atoms with E-state index in [2.05, 4.69) is 35.7 Å². The van der Waals surface area contributed by atoms with Gasteiger partial charge in [-0.15, -0.1) is 0 Å². The van der Waals surface area contributed by atoms with Gasteiger partial charge in [0.25, 0.3) is 0 Å². The molecule has 0 atom stereocenters. The van der Waals surface area contributed by atoms with Crippen LogP contribution >= 0.6 is 0 Å². The zero-order valence-corrected chi connectivity index (χ0v) is 15.0. The summed E-state index contributed by atoms with van der Waals surface area (Å²) in [7, 11) is 0. The summed E-state index contributed by atoms with van der Waals surface area (Å²) in [6, 6.07) is 20.1. The highest BCUT2D eigenvalue weighted by atomic mass is 16.2. The first kappa shape index (κ1) is 18.0. The Kier molecular flexibility index (Phi) is 6.27. The summed E-state index contributed by atoms with van der Waals surface area (Å²) >= 11 is 0. The lowest BCUT2D eigenvalue weighted by Crippen LogP contribution is -2.39. The van der Waals surface area contributed by atoms with Crippen molar-refractivity contribution >= 4 is 11.6 Å². The van der Waals surface area contributed by atoms with Crippen LogP contribution < -0.4 is 5.32 Å². The molecule has 0 saturated carbocycles. The molecule has 1 fully saturated rings. The van der Waals surface area contributed by atoms with Gasteiger partial charge in [0.1, 0.15) is 6.07 Å². The summed E-state index contributed by atoms with van der Waals surface area (Å²) in [6.07, 6.45) is 3.72. The summed E-state index contributed by atoms with van der Waals surface area (Å²) in [5.41, 5.74) is 2.80. The van der Waals surface area contributed by atoms with E-state index in [0.717, 1.165) is 38.0 Å². The highest BCUT2D eigenvalue weighted by Gasteiger charge is 2.22. The minimum atomic E-state index is 0.199. The highest BCUT2D eigenvalue weighted by molar-refractivity contribution is 5.77. The number of benzene rings is 2. The third-order valence-corrected chi connectivity index (χ3v) is 5.04. The number of hydrogen-bond donors (Lipinski definition) is 1. The molecule has 0 unspecified atom stereocenters. The minimum Gasteiger partial charge on any atom is -0.383 e. The fourth-order valence-electron chi connectivity index (χ4n) is 3.53. The van der Waals surface area contributed by atoms with Gasteiger partial charge in [-0.2, -0.15) is 5.26 Å². The maximum atomic E-state index is 12.4. The lowest BCUT2D eigenvalue weighted by Gasteiger charge is -2.32. The monoisotopic (exact) mass is 347 g/mol. The number of para-hydroxylation sites is 1. The average molecular weight is 347 g/mol. The Morgan fingerprint density at radius 1 is 1.08 bits per heavy atom. The maximum Gasteiger partial charge on any atom is 0.224 e. The van der Waals surface area contributed by atoms with Gasteiger partial charge in [-0.3, -0.25) is 4.79 Å². The molecular weight excluding hydrogens is 322 g/mol. The van der Waals surface area contributed by atoms with Crippen LogP contribution in [0.3, 0.4) is 0 Å². The van der Waals surface area contributed by atoms with E-state index in [1.165, 1.54) is 5.56 Å². The van der Waals surface area contributed by atoms with Gasteiger partial charge in [0.05, 0.1) is 11.3 Å². The molecule has 1 saturated heterocycles. The molecule has 0 radical (unpaired) electrons. The fraction of sp³-hybridized carbons (Fsp3) is 0.364. The Morgan fingerprint density at radius 3 is 2.50 bits per heavy atom. The molecule has 134 valence electrons. The van der Waals surface area contributed by atoms with Gasteiger partial charge in [0, 0.05) is 26.1 Å². The van der Waals surface area contributed by atoms with Gasteiger partial charge in [0.15, 0.2) is 0 Å². The minimum absolute atomic E-state index is 0.199. The van der Waals surface area contributed by atoms with E-state index in [9.17, 15) is 4.79 Å². The van der Waals surface area contributed by atoms with Crippen molar-refractivity contribution in [1.82, 2.24) is 4.90 Å². The lowest BCUT2D eigenvalue weighted by molar-refractivity contribution is -0.132. The normalized spacial score (nSPS) is 14.7. The first-order valence-electron chi connectivity index (χ1n) is 9.31. The number of rotatable bonds is 6. The molecule has 1 heterocycles. The van der Waals surface area contributed by atoms with Crippen LogP contribution in [0.1, 0.15) is 30.4 Å². The van der Waals surface area contributed by atoms with Crippen LogP contribution in [0.25, 0.3) is 0 Å². The van der Waals surface area contributed by atoms with E-state index in [4.69, 9.17) is 5.26 Å². The average Bonchev–Trinajstić information content (AvgIpc) is 2.69. The molecule has 0 bridgehead atoms. The zero-order chi connectivity index (χ0) is 18.2. The van der Waals surface area contributed by atoms with E-state index in [1.807, 2.05) is 29.2 Å².